The predicted octanol–water partition coefficient (Wildman–Crippen LogP) is 12.5. The van der Waals surface area contributed by atoms with Crippen LogP contribution in [0.15, 0.2) is 146 Å². The molecule has 0 heterocycles. The highest BCUT2D eigenvalue weighted by atomic mass is 16.5. The standard InChI is InChI=1S/C48H48O4/c1-4-6-9-17-35-27-29-46(44(31-35)42-25-15-23-40(48(42)50)38-20-12-8-13-21-38)52-33-36(16-5-2)32-51-45-28-26-34(3)30-43(45)41-24-14-22-39(47(41)49)37-18-10-7-11-19-37/h5,7-8,10-15,18-31,36,49-50H,2,4,6,9,16-17,32-33H2,1,3H3. The Morgan fingerprint density at radius 1 is 0.577 bits per heavy atom. The molecule has 2 N–H and O–H groups in total. The molecule has 0 aliphatic carbocycles. The Kier molecular flexibility index (Phi) is 12.1. The van der Waals surface area contributed by atoms with E-state index in [2.05, 4.69) is 31.7 Å². The van der Waals surface area contributed by atoms with Gasteiger partial charge in [-0.15, -0.1) is 6.58 Å². The first-order valence-corrected chi connectivity index (χ1v) is 18.3. The number of hydrogen-bond acceptors (Lipinski definition) is 4. The Morgan fingerprint density at radius 2 is 1.10 bits per heavy atom. The average Bonchev–Trinajstić information content (AvgIpc) is 3.17. The largest absolute Gasteiger partial charge is 0.507 e. The van der Waals surface area contributed by atoms with Crippen LogP contribution in [0.5, 0.6) is 23.0 Å². The summed E-state index contributed by atoms with van der Waals surface area (Å²) in [6.45, 7) is 9.06. The van der Waals surface area contributed by atoms with E-state index in [0.29, 0.717) is 31.1 Å². The zero-order valence-corrected chi connectivity index (χ0v) is 30.2. The van der Waals surface area contributed by atoms with Crippen LogP contribution in [0, 0.1) is 12.8 Å². The molecule has 52 heavy (non-hydrogen) atoms. The van der Waals surface area contributed by atoms with E-state index in [1.54, 1.807) is 0 Å². The van der Waals surface area contributed by atoms with Crippen molar-refractivity contribution in [2.75, 3.05) is 13.2 Å². The van der Waals surface area contributed by atoms with Crippen LogP contribution < -0.4 is 9.47 Å². The zero-order valence-electron chi connectivity index (χ0n) is 30.2. The van der Waals surface area contributed by atoms with Crippen molar-refractivity contribution in [1.29, 1.82) is 0 Å². The molecule has 0 aromatic heterocycles. The summed E-state index contributed by atoms with van der Waals surface area (Å²) in [5.74, 6) is 1.87. The van der Waals surface area contributed by atoms with Crippen molar-refractivity contribution in [3.05, 3.63) is 157 Å². The van der Waals surface area contributed by atoms with Crippen LogP contribution in [0.1, 0.15) is 43.7 Å². The molecule has 0 fully saturated rings. The van der Waals surface area contributed by atoms with Gasteiger partial charge in [0.15, 0.2) is 0 Å². The molecule has 6 aromatic rings. The summed E-state index contributed by atoms with van der Waals surface area (Å²) < 4.78 is 13.2. The Labute approximate surface area is 308 Å². The van der Waals surface area contributed by atoms with Crippen LogP contribution in [0.4, 0.5) is 0 Å². The van der Waals surface area contributed by atoms with Crippen LogP contribution >= 0.6 is 0 Å². The molecule has 0 saturated heterocycles. The van der Waals surface area contributed by atoms with Gasteiger partial charge in [0.05, 0.1) is 13.2 Å². The van der Waals surface area contributed by atoms with Gasteiger partial charge in [0.25, 0.3) is 0 Å². The number of ether oxygens (including phenoxy) is 2. The molecule has 6 rings (SSSR count). The SMILES string of the molecule is C=CCC(COc1ccc(C)cc1-c1cccc(-c2ccccc2)c1O)COc1ccc(CCCCC)cc1-c1cccc(-c2ccccc2)c1O. The van der Waals surface area contributed by atoms with Crippen LogP contribution in [0.3, 0.4) is 0 Å². The summed E-state index contributed by atoms with van der Waals surface area (Å²) in [5.41, 5.74) is 8.94. The molecule has 264 valence electrons. The van der Waals surface area contributed by atoms with Gasteiger partial charge < -0.3 is 19.7 Å². The predicted molar refractivity (Wildman–Crippen MR) is 215 cm³/mol. The second-order valence-corrected chi connectivity index (χ2v) is 13.4. The third kappa shape index (κ3) is 8.58. The monoisotopic (exact) mass is 688 g/mol. The molecular weight excluding hydrogens is 641 g/mol. The van der Waals surface area contributed by atoms with E-state index in [4.69, 9.17) is 9.47 Å². The number of phenolic OH excluding ortho intramolecular Hbond substituents is 2. The van der Waals surface area contributed by atoms with Crippen molar-refractivity contribution in [3.8, 4) is 67.5 Å². The lowest BCUT2D eigenvalue weighted by Crippen LogP contribution is -2.20. The number of allylic oxidation sites excluding steroid dienone is 1. The van der Waals surface area contributed by atoms with E-state index in [9.17, 15) is 10.2 Å². The first kappa shape index (κ1) is 36.1. The van der Waals surface area contributed by atoms with E-state index in [0.717, 1.165) is 69.3 Å². The molecule has 1 unspecified atom stereocenters. The van der Waals surface area contributed by atoms with Gasteiger partial charge in [-0.1, -0.05) is 141 Å². The maximum Gasteiger partial charge on any atom is 0.131 e. The smallest absolute Gasteiger partial charge is 0.131 e. The van der Waals surface area contributed by atoms with Gasteiger partial charge in [0.2, 0.25) is 0 Å². The van der Waals surface area contributed by atoms with Crippen LogP contribution in [-0.4, -0.2) is 23.4 Å². The maximum absolute atomic E-state index is 11.6. The number of para-hydroxylation sites is 2. The third-order valence-electron chi connectivity index (χ3n) is 9.52. The molecule has 0 aliphatic heterocycles. The van der Waals surface area contributed by atoms with Gasteiger partial charge in [-0.2, -0.15) is 0 Å². The van der Waals surface area contributed by atoms with Gasteiger partial charge >= 0.3 is 0 Å². The molecule has 4 heteroatoms. The van der Waals surface area contributed by atoms with Crippen LogP contribution in [-0.2, 0) is 6.42 Å². The van der Waals surface area contributed by atoms with Crippen molar-refractivity contribution >= 4 is 0 Å². The fraction of sp³-hybridized carbons (Fsp3) is 0.208. The summed E-state index contributed by atoms with van der Waals surface area (Å²) in [5, 5.41) is 23.1. The fourth-order valence-electron chi connectivity index (χ4n) is 6.69. The zero-order chi connectivity index (χ0) is 36.3. The lowest BCUT2D eigenvalue weighted by Gasteiger charge is -2.21. The first-order chi connectivity index (χ1) is 25.5. The van der Waals surface area contributed by atoms with Gasteiger partial charge in [-0.05, 0) is 67.1 Å². The number of rotatable bonds is 16. The van der Waals surface area contributed by atoms with Crippen molar-refractivity contribution in [1.82, 2.24) is 0 Å². The molecule has 0 amide bonds. The van der Waals surface area contributed by atoms with E-state index in [1.807, 2.05) is 128 Å². The van der Waals surface area contributed by atoms with E-state index < -0.39 is 0 Å². The van der Waals surface area contributed by atoms with Gasteiger partial charge in [-0.25, -0.2) is 0 Å². The van der Waals surface area contributed by atoms with E-state index in [1.165, 1.54) is 12.0 Å². The van der Waals surface area contributed by atoms with E-state index >= 15 is 0 Å². The number of phenols is 2. The quantitative estimate of drug-likeness (QED) is 0.0785. The van der Waals surface area contributed by atoms with Crippen molar-refractivity contribution in [3.63, 3.8) is 0 Å². The number of benzene rings is 6. The highest BCUT2D eigenvalue weighted by molar-refractivity contribution is 5.85. The van der Waals surface area contributed by atoms with E-state index in [-0.39, 0.29) is 17.4 Å². The fourth-order valence-corrected chi connectivity index (χ4v) is 6.69. The average molecular weight is 689 g/mol. The highest BCUT2D eigenvalue weighted by Gasteiger charge is 2.19. The number of aryl methyl sites for hydroxylation is 2. The summed E-state index contributed by atoms with van der Waals surface area (Å²) >= 11 is 0. The second kappa shape index (κ2) is 17.5. The number of unbranched alkanes of at least 4 members (excludes halogenated alkanes) is 2. The number of hydrogen-bond donors (Lipinski definition) is 2. The van der Waals surface area contributed by atoms with Crippen LogP contribution in [0.2, 0.25) is 0 Å². The molecule has 4 nitrogen and oxygen atoms in total. The Morgan fingerprint density at radius 3 is 1.63 bits per heavy atom. The van der Waals surface area contributed by atoms with Crippen molar-refractivity contribution in [2.45, 2.75) is 46.0 Å². The topological polar surface area (TPSA) is 58.9 Å². The molecule has 6 aromatic carbocycles. The summed E-state index contributed by atoms with van der Waals surface area (Å²) in [6, 6.07) is 44.0. The molecule has 0 bridgehead atoms. The minimum absolute atomic E-state index is 0.00256. The van der Waals surface area contributed by atoms with Gasteiger partial charge in [0, 0.05) is 39.3 Å². The molecule has 0 saturated carbocycles. The molecule has 0 aliphatic rings. The molecular formula is C48H48O4. The number of aromatic hydroxyl groups is 2. The van der Waals surface area contributed by atoms with Gasteiger partial charge in [-0.3, -0.25) is 0 Å². The molecule has 1 atom stereocenters. The Balaban J connectivity index is 1.26. The highest BCUT2D eigenvalue weighted by Crippen LogP contribution is 2.44. The Bertz CT molecular complexity index is 2080. The van der Waals surface area contributed by atoms with Crippen LogP contribution in [0.25, 0.3) is 44.5 Å². The Hall–Kier alpha value is -5.74. The normalized spacial score (nSPS) is 11.6. The minimum atomic E-state index is -0.00256. The third-order valence-corrected chi connectivity index (χ3v) is 9.52. The lowest BCUT2D eigenvalue weighted by molar-refractivity contribution is 0.179. The maximum atomic E-state index is 11.6. The van der Waals surface area contributed by atoms with Gasteiger partial charge in [0.1, 0.15) is 23.0 Å². The first-order valence-electron chi connectivity index (χ1n) is 18.3. The van der Waals surface area contributed by atoms with Crippen molar-refractivity contribution < 1.29 is 19.7 Å². The summed E-state index contributed by atoms with van der Waals surface area (Å²) in [6.07, 6.45) is 7.00. The molecule has 0 radical (unpaired) electrons. The summed E-state index contributed by atoms with van der Waals surface area (Å²) in [7, 11) is 0. The second-order valence-electron chi connectivity index (χ2n) is 13.4. The minimum Gasteiger partial charge on any atom is -0.507 e. The lowest BCUT2D eigenvalue weighted by atomic mass is 9.94. The summed E-state index contributed by atoms with van der Waals surface area (Å²) in [4.78, 5) is 0. The van der Waals surface area contributed by atoms with Crippen molar-refractivity contribution in [2.24, 2.45) is 5.92 Å². The molecule has 0 spiro atoms.